The molecule has 2 rings (SSSR count). The number of nitrogens with zero attached hydrogens (tertiary/aromatic N) is 2. The number of carbonyl (C=O) groups excluding carboxylic acids is 1. The van der Waals surface area contributed by atoms with E-state index < -0.39 is 17.6 Å². The van der Waals surface area contributed by atoms with Gasteiger partial charge in [0.1, 0.15) is 6.61 Å². The number of carboxylic acid groups (broad SMARTS) is 1. The highest BCUT2D eigenvalue weighted by molar-refractivity contribution is 5.85. The topological polar surface area (TPSA) is 70.1 Å². The van der Waals surface area contributed by atoms with Crippen molar-refractivity contribution in [1.29, 1.82) is 0 Å². The highest BCUT2D eigenvalue weighted by Crippen LogP contribution is 2.27. The summed E-state index contributed by atoms with van der Waals surface area (Å²) in [6.45, 7) is 1.08. The lowest BCUT2D eigenvalue weighted by Crippen LogP contribution is -2.56. The van der Waals surface area contributed by atoms with Gasteiger partial charge in [-0.2, -0.15) is 0 Å². The van der Waals surface area contributed by atoms with E-state index in [-0.39, 0.29) is 6.61 Å². The van der Waals surface area contributed by atoms with Crippen molar-refractivity contribution in [3.05, 3.63) is 35.9 Å². The van der Waals surface area contributed by atoms with E-state index in [1.807, 2.05) is 42.3 Å². The van der Waals surface area contributed by atoms with Crippen LogP contribution in [0.2, 0.25) is 0 Å². The third-order valence-corrected chi connectivity index (χ3v) is 3.96. The molecule has 1 heterocycles. The lowest BCUT2D eigenvalue weighted by atomic mass is 9.97. The number of ether oxygens (including phenoxy) is 1. The molecule has 0 aliphatic carbocycles. The minimum absolute atomic E-state index is 0.134. The predicted molar refractivity (Wildman–Crippen MR) is 76.9 cm³/mol. The van der Waals surface area contributed by atoms with E-state index in [4.69, 9.17) is 4.74 Å². The minimum atomic E-state index is -1.21. The fraction of sp³-hybridized carbons (Fsp3) is 0.467. The maximum atomic E-state index is 12.1. The van der Waals surface area contributed by atoms with E-state index in [1.54, 1.807) is 0 Å². The van der Waals surface area contributed by atoms with Crippen LogP contribution in [0.15, 0.2) is 30.3 Å². The van der Waals surface area contributed by atoms with Crippen molar-refractivity contribution < 1.29 is 19.4 Å². The van der Waals surface area contributed by atoms with Crippen molar-refractivity contribution in [3.8, 4) is 0 Å². The third kappa shape index (κ3) is 3.16. The largest absolute Gasteiger partial charge is 0.479 e. The van der Waals surface area contributed by atoms with Crippen molar-refractivity contribution in [1.82, 2.24) is 9.80 Å². The van der Waals surface area contributed by atoms with Gasteiger partial charge in [0.05, 0.1) is 0 Å². The van der Waals surface area contributed by atoms with Crippen LogP contribution in [0.3, 0.4) is 0 Å². The van der Waals surface area contributed by atoms with Crippen molar-refractivity contribution in [2.45, 2.75) is 18.6 Å². The van der Waals surface area contributed by atoms with Gasteiger partial charge in [-0.25, -0.2) is 9.59 Å². The van der Waals surface area contributed by atoms with Gasteiger partial charge in [0.2, 0.25) is 0 Å². The van der Waals surface area contributed by atoms with Crippen molar-refractivity contribution in [3.63, 3.8) is 0 Å². The molecule has 6 heteroatoms. The maximum Gasteiger partial charge on any atom is 0.410 e. The number of hydrogen-bond acceptors (Lipinski definition) is 4. The summed E-state index contributed by atoms with van der Waals surface area (Å²) >= 11 is 0. The molecule has 1 aromatic carbocycles. The van der Waals surface area contributed by atoms with E-state index in [1.165, 1.54) is 11.9 Å². The highest BCUT2D eigenvalue weighted by atomic mass is 16.6. The molecule has 1 atom stereocenters. The highest BCUT2D eigenvalue weighted by Gasteiger charge is 2.49. The van der Waals surface area contributed by atoms with Gasteiger partial charge >= 0.3 is 12.1 Å². The van der Waals surface area contributed by atoms with Gasteiger partial charge in [0.15, 0.2) is 5.54 Å². The van der Waals surface area contributed by atoms with Crippen molar-refractivity contribution in [2.75, 3.05) is 27.2 Å². The van der Waals surface area contributed by atoms with E-state index >= 15 is 0 Å². The average molecular weight is 292 g/mol. The van der Waals surface area contributed by atoms with Crippen LogP contribution >= 0.6 is 0 Å². The normalized spacial score (nSPS) is 22.0. The van der Waals surface area contributed by atoms with E-state index in [9.17, 15) is 14.7 Å². The van der Waals surface area contributed by atoms with Gasteiger partial charge < -0.3 is 14.7 Å². The maximum absolute atomic E-state index is 12.1. The summed E-state index contributed by atoms with van der Waals surface area (Å²) in [5.41, 5.74) is -0.338. The second kappa shape index (κ2) is 6.13. The van der Waals surface area contributed by atoms with Gasteiger partial charge in [-0.05, 0) is 19.0 Å². The van der Waals surface area contributed by atoms with Gasteiger partial charge in [-0.15, -0.1) is 0 Å². The predicted octanol–water partition coefficient (Wildman–Crippen LogP) is 1.41. The molecule has 1 aliphatic rings. The molecule has 0 spiro atoms. The third-order valence-electron chi connectivity index (χ3n) is 3.96. The van der Waals surface area contributed by atoms with Crippen LogP contribution in [0.1, 0.15) is 12.0 Å². The zero-order chi connectivity index (χ0) is 15.5. The summed E-state index contributed by atoms with van der Waals surface area (Å²) in [6, 6.07) is 9.30. The number of likely N-dealkylation sites (N-methyl/N-ethyl adjacent to an activating group) is 2. The van der Waals surface area contributed by atoms with Crippen LogP contribution in [-0.4, -0.2) is 59.7 Å². The number of amides is 1. The first-order chi connectivity index (χ1) is 9.95. The van der Waals surface area contributed by atoms with Gasteiger partial charge in [-0.3, -0.25) is 4.90 Å². The fourth-order valence-corrected chi connectivity index (χ4v) is 2.56. The molecule has 1 N–H and O–H groups in total. The second-order valence-corrected chi connectivity index (χ2v) is 5.42. The number of hydrogen-bond donors (Lipinski definition) is 1. The molecule has 114 valence electrons. The Kier molecular flexibility index (Phi) is 4.47. The zero-order valence-corrected chi connectivity index (χ0v) is 12.3. The summed E-state index contributed by atoms with van der Waals surface area (Å²) in [5, 5.41) is 9.51. The number of rotatable bonds is 4. The fourth-order valence-electron chi connectivity index (χ4n) is 2.56. The molecule has 6 nitrogen and oxygen atoms in total. The molecule has 1 aliphatic heterocycles. The molecule has 0 saturated carbocycles. The monoisotopic (exact) mass is 292 g/mol. The number of carbonyl (C=O) groups is 2. The Balaban J connectivity index is 2.02. The standard InChI is InChI=1S/C15H20N2O4/c1-16-9-8-15(11-16,13(18)19)17(2)14(20)21-10-12-6-4-3-5-7-12/h3-7H,8-11H2,1-2H3,(H,18,19). The Bertz CT molecular complexity index is 520. The Morgan fingerprint density at radius 3 is 2.57 bits per heavy atom. The number of likely N-dealkylation sites (tertiary alicyclic amines) is 1. The Morgan fingerprint density at radius 2 is 2.05 bits per heavy atom. The van der Waals surface area contributed by atoms with Crippen molar-refractivity contribution >= 4 is 12.1 Å². The smallest absolute Gasteiger partial charge is 0.410 e. The molecular weight excluding hydrogens is 272 g/mol. The summed E-state index contributed by atoms with van der Waals surface area (Å²) in [7, 11) is 3.33. The first-order valence-corrected chi connectivity index (χ1v) is 6.82. The lowest BCUT2D eigenvalue weighted by Gasteiger charge is -2.33. The molecule has 0 radical (unpaired) electrons. The Hall–Kier alpha value is -2.08. The lowest BCUT2D eigenvalue weighted by molar-refractivity contribution is -0.149. The SMILES string of the molecule is CN1CCC(C(=O)O)(N(C)C(=O)OCc2ccccc2)C1. The van der Waals surface area contributed by atoms with Crippen LogP contribution in [0, 0.1) is 0 Å². The molecule has 0 aromatic heterocycles. The first kappa shape index (κ1) is 15.3. The zero-order valence-electron chi connectivity index (χ0n) is 12.3. The average Bonchev–Trinajstić information content (AvgIpc) is 2.88. The molecule has 1 saturated heterocycles. The second-order valence-electron chi connectivity index (χ2n) is 5.42. The van der Waals surface area contributed by atoms with E-state index in [0.717, 1.165) is 5.56 Å². The number of benzene rings is 1. The quantitative estimate of drug-likeness (QED) is 0.908. The summed E-state index contributed by atoms with van der Waals surface area (Å²) in [4.78, 5) is 26.9. The van der Waals surface area contributed by atoms with Gasteiger partial charge in [-0.1, -0.05) is 30.3 Å². The van der Waals surface area contributed by atoms with E-state index in [2.05, 4.69) is 0 Å². The van der Waals surface area contributed by atoms with Crippen LogP contribution < -0.4 is 0 Å². The minimum Gasteiger partial charge on any atom is -0.479 e. The molecular formula is C15H20N2O4. The van der Waals surface area contributed by atoms with Crippen molar-refractivity contribution in [2.24, 2.45) is 0 Å². The van der Waals surface area contributed by atoms with Crippen LogP contribution in [-0.2, 0) is 16.1 Å². The first-order valence-electron chi connectivity index (χ1n) is 6.82. The van der Waals surface area contributed by atoms with Crippen LogP contribution in [0.5, 0.6) is 0 Å². The Labute approximate surface area is 123 Å². The summed E-state index contributed by atoms with van der Waals surface area (Å²) in [5.74, 6) is -0.994. The number of aliphatic carboxylic acids is 1. The molecule has 0 bridgehead atoms. The number of carboxylic acids is 1. The summed E-state index contributed by atoms with van der Waals surface area (Å²) < 4.78 is 5.22. The van der Waals surface area contributed by atoms with Crippen LogP contribution in [0.4, 0.5) is 4.79 Å². The Morgan fingerprint density at radius 1 is 1.38 bits per heavy atom. The van der Waals surface area contributed by atoms with Crippen LogP contribution in [0.25, 0.3) is 0 Å². The van der Waals surface area contributed by atoms with Gasteiger partial charge in [0.25, 0.3) is 0 Å². The molecule has 1 fully saturated rings. The summed E-state index contributed by atoms with van der Waals surface area (Å²) in [6.07, 6.45) is -0.216. The molecule has 21 heavy (non-hydrogen) atoms. The molecule has 1 aromatic rings. The van der Waals surface area contributed by atoms with Gasteiger partial charge in [0, 0.05) is 20.1 Å². The van der Waals surface area contributed by atoms with E-state index in [0.29, 0.717) is 19.5 Å². The molecule has 1 amide bonds. The molecule has 1 unspecified atom stereocenters.